The summed E-state index contributed by atoms with van der Waals surface area (Å²) in [6.45, 7) is 0.377. The van der Waals surface area contributed by atoms with Crippen molar-refractivity contribution in [2.45, 2.75) is 25.4 Å². The van der Waals surface area contributed by atoms with Gasteiger partial charge in [0.2, 0.25) is 11.8 Å². The Morgan fingerprint density at radius 2 is 1.49 bits per heavy atom. The van der Waals surface area contributed by atoms with E-state index in [0.717, 1.165) is 11.1 Å². The molecular weight excluding hydrogens is 442 g/mol. The number of para-hydroxylation sites is 2. The van der Waals surface area contributed by atoms with Crippen molar-refractivity contribution in [2.75, 3.05) is 30.0 Å². The van der Waals surface area contributed by atoms with Crippen molar-refractivity contribution in [3.63, 3.8) is 0 Å². The summed E-state index contributed by atoms with van der Waals surface area (Å²) < 4.78 is 4.85. The molecule has 1 aliphatic rings. The third kappa shape index (κ3) is 5.94. The normalized spacial score (nSPS) is 15.3. The van der Waals surface area contributed by atoms with Crippen LogP contribution in [0.3, 0.4) is 0 Å². The number of anilines is 2. The average molecular weight is 472 g/mol. The lowest BCUT2D eigenvalue weighted by molar-refractivity contribution is -0.140. The van der Waals surface area contributed by atoms with Crippen LogP contribution in [0.4, 0.5) is 11.4 Å². The highest BCUT2D eigenvalue weighted by Gasteiger charge is 2.36. The second-order valence-electron chi connectivity index (χ2n) is 8.40. The van der Waals surface area contributed by atoms with E-state index in [2.05, 4.69) is 5.32 Å². The first-order valence-electron chi connectivity index (χ1n) is 11.7. The largest absolute Gasteiger partial charge is 0.468 e. The lowest BCUT2D eigenvalue weighted by Crippen LogP contribution is -2.51. The van der Waals surface area contributed by atoms with E-state index in [1.165, 1.54) is 12.0 Å². The molecular formula is C28H29N3O4. The van der Waals surface area contributed by atoms with Crippen molar-refractivity contribution < 1.29 is 19.1 Å². The highest BCUT2D eigenvalue weighted by Crippen LogP contribution is 2.33. The van der Waals surface area contributed by atoms with Gasteiger partial charge in [0.05, 0.1) is 25.0 Å². The second-order valence-corrected chi connectivity index (χ2v) is 8.40. The number of nitrogens with zero attached hydrogens (tertiary/aromatic N) is 2. The number of nitrogens with one attached hydrogen (secondary N) is 1. The fourth-order valence-electron chi connectivity index (χ4n) is 4.20. The molecule has 1 heterocycles. The molecule has 1 atom stereocenters. The molecule has 0 bridgehead atoms. The summed E-state index contributed by atoms with van der Waals surface area (Å²) in [6.07, 6.45) is 0.898. The molecule has 1 aliphatic heterocycles. The highest BCUT2D eigenvalue weighted by molar-refractivity contribution is 6.08. The minimum absolute atomic E-state index is 0.0828. The van der Waals surface area contributed by atoms with E-state index in [9.17, 15) is 14.4 Å². The number of methoxy groups -OCH3 is 1. The number of carbonyl (C=O) groups excluding carboxylic acids is 3. The van der Waals surface area contributed by atoms with Crippen molar-refractivity contribution in [1.82, 2.24) is 5.32 Å². The van der Waals surface area contributed by atoms with E-state index >= 15 is 0 Å². The molecule has 35 heavy (non-hydrogen) atoms. The van der Waals surface area contributed by atoms with Gasteiger partial charge in [0, 0.05) is 13.0 Å². The molecule has 0 unspecified atom stereocenters. The number of rotatable bonds is 8. The molecule has 0 saturated heterocycles. The van der Waals surface area contributed by atoms with Gasteiger partial charge in [0.25, 0.3) is 0 Å². The Balaban J connectivity index is 1.63. The standard InChI is InChI=1S/C28H29N3O4/c1-35-27(33)20-31-25-15-9-8-14-24(25)30(26(32)17-16-21-10-4-2-5-11-21)19-23(28(31)34)29-18-22-12-6-3-7-13-22/h2-15,23,29H,16-20H2,1H3/t23-/m0/s1. The SMILES string of the molecule is COC(=O)CN1C(=O)[C@@H](NCc2ccccc2)CN(C(=O)CCc2ccccc2)c2ccccc21. The minimum atomic E-state index is -0.701. The van der Waals surface area contributed by atoms with Gasteiger partial charge in [-0.25, -0.2) is 0 Å². The zero-order valence-corrected chi connectivity index (χ0v) is 19.7. The maximum Gasteiger partial charge on any atom is 0.325 e. The fourth-order valence-corrected chi connectivity index (χ4v) is 4.20. The van der Waals surface area contributed by atoms with Gasteiger partial charge in [-0.3, -0.25) is 19.3 Å². The maximum atomic E-state index is 13.6. The molecule has 7 nitrogen and oxygen atoms in total. The summed E-state index contributed by atoms with van der Waals surface area (Å²) in [5.41, 5.74) is 3.21. The Kier molecular flexibility index (Phi) is 7.90. The van der Waals surface area contributed by atoms with Crippen molar-refractivity contribution in [2.24, 2.45) is 0 Å². The third-order valence-electron chi connectivity index (χ3n) is 6.07. The molecule has 0 radical (unpaired) electrons. The van der Waals surface area contributed by atoms with Crippen LogP contribution < -0.4 is 15.1 Å². The first kappa shape index (κ1) is 24.2. The minimum Gasteiger partial charge on any atom is -0.468 e. The third-order valence-corrected chi connectivity index (χ3v) is 6.07. The first-order chi connectivity index (χ1) is 17.1. The average Bonchev–Trinajstić information content (AvgIpc) is 3.02. The van der Waals surface area contributed by atoms with E-state index in [-0.39, 0.29) is 24.9 Å². The molecule has 4 rings (SSSR count). The second kappa shape index (κ2) is 11.4. The topological polar surface area (TPSA) is 79.0 Å². The van der Waals surface area contributed by atoms with Crippen LogP contribution in [0, 0.1) is 0 Å². The predicted octanol–water partition coefficient (Wildman–Crippen LogP) is 3.33. The molecule has 2 amide bonds. The van der Waals surface area contributed by atoms with Crippen LogP contribution in [0.15, 0.2) is 84.9 Å². The number of amides is 2. The number of fused-ring (bicyclic) bond motifs is 1. The molecule has 1 N–H and O–H groups in total. The molecule has 0 fully saturated rings. The summed E-state index contributed by atoms with van der Waals surface area (Å²) in [6, 6.07) is 26.1. The van der Waals surface area contributed by atoms with Crippen LogP contribution in [0.5, 0.6) is 0 Å². The molecule has 0 aliphatic carbocycles. The fraction of sp³-hybridized carbons (Fsp3) is 0.250. The summed E-state index contributed by atoms with van der Waals surface area (Å²) >= 11 is 0. The zero-order chi connectivity index (χ0) is 24.6. The number of benzene rings is 3. The molecule has 0 aromatic heterocycles. The van der Waals surface area contributed by atoms with Gasteiger partial charge in [0.15, 0.2) is 0 Å². The number of hydrogen-bond donors (Lipinski definition) is 1. The van der Waals surface area contributed by atoms with Crippen LogP contribution in [0.2, 0.25) is 0 Å². The number of esters is 1. The van der Waals surface area contributed by atoms with Gasteiger partial charge >= 0.3 is 5.97 Å². The van der Waals surface area contributed by atoms with Gasteiger partial charge < -0.3 is 15.0 Å². The Morgan fingerprint density at radius 3 is 2.14 bits per heavy atom. The quantitative estimate of drug-likeness (QED) is 0.510. The van der Waals surface area contributed by atoms with E-state index in [0.29, 0.717) is 30.8 Å². The Labute approximate surface area is 205 Å². The van der Waals surface area contributed by atoms with Crippen molar-refractivity contribution in [1.29, 1.82) is 0 Å². The molecule has 0 spiro atoms. The van der Waals surface area contributed by atoms with Crippen LogP contribution >= 0.6 is 0 Å². The van der Waals surface area contributed by atoms with Crippen LogP contribution in [-0.4, -0.2) is 44.0 Å². The highest BCUT2D eigenvalue weighted by atomic mass is 16.5. The van der Waals surface area contributed by atoms with E-state index in [1.807, 2.05) is 72.8 Å². The van der Waals surface area contributed by atoms with E-state index < -0.39 is 12.0 Å². The predicted molar refractivity (Wildman–Crippen MR) is 135 cm³/mol. The zero-order valence-electron chi connectivity index (χ0n) is 19.7. The lowest BCUT2D eigenvalue weighted by atomic mass is 10.1. The van der Waals surface area contributed by atoms with Crippen molar-refractivity contribution >= 4 is 29.2 Å². The van der Waals surface area contributed by atoms with Crippen LogP contribution in [0.1, 0.15) is 17.5 Å². The molecule has 7 heteroatoms. The molecule has 0 saturated carbocycles. The molecule has 3 aromatic rings. The number of aryl methyl sites for hydroxylation is 1. The van der Waals surface area contributed by atoms with Gasteiger partial charge in [-0.1, -0.05) is 72.8 Å². The van der Waals surface area contributed by atoms with Gasteiger partial charge in [0.1, 0.15) is 12.6 Å². The smallest absolute Gasteiger partial charge is 0.325 e. The maximum absolute atomic E-state index is 13.6. The van der Waals surface area contributed by atoms with E-state index in [1.54, 1.807) is 17.0 Å². The number of hydrogen-bond acceptors (Lipinski definition) is 5. The summed E-state index contributed by atoms with van der Waals surface area (Å²) in [4.78, 5) is 42.4. The summed E-state index contributed by atoms with van der Waals surface area (Å²) in [5.74, 6) is -0.892. The molecule has 180 valence electrons. The Bertz CT molecular complexity index is 1170. The van der Waals surface area contributed by atoms with Crippen molar-refractivity contribution in [3.8, 4) is 0 Å². The Morgan fingerprint density at radius 1 is 0.886 bits per heavy atom. The summed E-state index contributed by atoms with van der Waals surface area (Å²) in [7, 11) is 1.29. The van der Waals surface area contributed by atoms with Gasteiger partial charge in [-0.2, -0.15) is 0 Å². The van der Waals surface area contributed by atoms with Crippen LogP contribution in [-0.2, 0) is 32.1 Å². The van der Waals surface area contributed by atoms with Gasteiger partial charge in [-0.05, 0) is 29.7 Å². The lowest BCUT2D eigenvalue weighted by Gasteiger charge is -2.25. The van der Waals surface area contributed by atoms with Crippen LogP contribution in [0.25, 0.3) is 0 Å². The number of ether oxygens (including phenoxy) is 1. The first-order valence-corrected chi connectivity index (χ1v) is 11.7. The molecule has 3 aromatic carbocycles. The monoisotopic (exact) mass is 471 g/mol. The van der Waals surface area contributed by atoms with Gasteiger partial charge in [-0.15, -0.1) is 0 Å². The Hall–Kier alpha value is -3.97. The number of carbonyl (C=O) groups is 3. The summed E-state index contributed by atoms with van der Waals surface area (Å²) in [5, 5.41) is 3.31. The van der Waals surface area contributed by atoms with E-state index in [4.69, 9.17) is 4.74 Å². The van der Waals surface area contributed by atoms with Crippen molar-refractivity contribution in [3.05, 3.63) is 96.1 Å².